The van der Waals surface area contributed by atoms with Gasteiger partial charge in [-0.25, -0.2) is 9.97 Å². The molecule has 0 unspecified atom stereocenters. The van der Waals surface area contributed by atoms with E-state index >= 15 is 0 Å². The fourth-order valence-electron chi connectivity index (χ4n) is 3.14. The van der Waals surface area contributed by atoms with Crippen LogP contribution in [0.25, 0.3) is 0 Å². The molecule has 1 saturated carbocycles. The molecule has 2 fully saturated rings. The Hall–Kier alpha value is -1.62. The second kappa shape index (κ2) is 6.24. The zero-order valence-electron chi connectivity index (χ0n) is 12.8. The number of rotatable bonds is 5. The molecule has 2 aromatic rings. The van der Waals surface area contributed by atoms with Crippen molar-refractivity contribution in [1.82, 2.24) is 9.97 Å². The van der Waals surface area contributed by atoms with Gasteiger partial charge in [0.1, 0.15) is 18.0 Å². The van der Waals surface area contributed by atoms with Gasteiger partial charge in [-0.15, -0.1) is 11.3 Å². The summed E-state index contributed by atoms with van der Waals surface area (Å²) in [7, 11) is 0. The molecule has 4 nitrogen and oxygen atoms in total. The Morgan fingerprint density at radius 2 is 2.05 bits per heavy atom. The highest BCUT2D eigenvalue weighted by atomic mass is 32.1. The lowest BCUT2D eigenvalue weighted by Gasteiger charge is -2.29. The minimum atomic E-state index is 0.659. The number of piperidine rings is 1. The van der Waals surface area contributed by atoms with Gasteiger partial charge in [0, 0.05) is 30.1 Å². The van der Waals surface area contributed by atoms with Crippen LogP contribution in [0.1, 0.15) is 37.0 Å². The Kier molecular flexibility index (Phi) is 3.97. The van der Waals surface area contributed by atoms with E-state index in [4.69, 9.17) is 0 Å². The zero-order valence-corrected chi connectivity index (χ0v) is 13.6. The SMILES string of the molecule is c1csc(CN(c2cc(N3CCCCC3)ncn2)C2CC2)c1. The van der Waals surface area contributed by atoms with Gasteiger partial charge in [-0.1, -0.05) is 6.07 Å². The van der Waals surface area contributed by atoms with Gasteiger partial charge in [0.15, 0.2) is 0 Å². The molecule has 0 radical (unpaired) electrons. The van der Waals surface area contributed by atoms with E-state index in [2.05, 4.69) is 43.3 Å². The fourth-order valence-corrected chi connectivity index (χ4v) is 3.85. The van der Waals surface area contributed by atoms with Crippen LogP contribution in [0.4, 0.5) is 11.6 Å². The standard InChI is InChI=1S/C17H22N4S/c1-2-8-20(9-3-1)16-11-17(19-13-18-16)21(14-6-7-14)12-15-5-4-10-22-15/h4-5,10-11,13-14H,1-3,6-9,12H2. The average Bonchev–Trinajstić information content (AvgIpc) is 3.29. The Bertz CT molecular complexity index is 603. The minimum Gasteiger partial charge on any atom is -0.356 e. The van der Waals surface area contributed by atoms with Crippen molar-refractivity contribution in [2.45, 2.75) is 44.7 Å². The highest BCUT2D eigenvalue weighted by molar-refractivity contribution is 7.09. The summed E-state index contributed by atoms with van der Waals surface area (Å²) < 4.78 is 0. The van der Waals surface area contributed by atoms with Crippen LogP contribution in [-0.4, -0.2) is 29.1 Å². The van der Waals surface area contributed by atoms with Gasteiger partial charge in [0.05, 0.1) is 6.54 Å². The lowest BCUT2D eigenvalue weighted by atomic mass is 10.1. The van der Waals surface area contributed by atoms with Gasteiger partial charge in [-0.2, -0.15) is 0 Å². The molecule has 0 amide bonds. The van der Waals surface area contributed by atoms with Crippen molar-refractivity contribution in [2.75, 3.05) is 22.9 Å². The van der Waals surface area contributed by atoms with E-state index in [0.717, 1.165) is 31.3 Å². The van der Waals surface area contributed by atoms with Gasteiger partial charge in [0.25, 0.3) is 0 Å². The largest absolute Gasteiger partial charge is 0.356 e. The van der Waals surface area contributed by atoms with E-state index in [1.807, 2.05) is 11.3 Å². The summed E-state index contributed by atoms with van der Waals surface area (Å²) in [5.74, 6) is 2.19. The quantitative estimate of drug-likeness (QED) is 0.842. The Morgan fingerprint density at radius 1 is 1.18 bits per heavy atom. The molecule has 116 valence electrons. The minimum absolute atomic E-state index is 0.659. The predicted octanol–water partition coefficient (Wildman–Crippen LogP) is 3.70. The van der Waals surface area contributed by atoms with E-state index in [0.29, 0.717) is 6.04 Å². The molecule has 0 aromatic carbocycles. The summed E-state index contributed by atoms with van der Waals surface area (Å²) in [6.45, 7) is 3.23. The van der Waals surface area contributed by atoms with Crippen LogP contribution < -0.4 is 9.80 Å². The van der Waals surface area contributed by atoms with Crippen LogP contribution >= 0.6 is 11.3 Å². The van der Waals surface area contributed by atoms with Crippen molar-refractivity contribution in [3.63, 3.8) is 0 Å². The van der Waals surface area contributed by atoms with Gasteiger partial charge < -0.3 is 9.80 Å². The van der Waals surface area contributed by atoms with Crippen LogP contribution in [0.3, 0.4) is 0 Å². The lowest BCUT2D eigenvalue weighted by molar-refractivity contribution is 0.573. The van der Waals surface area contributed by atoms with Crippen LogP contribution in [0.2, 0.25) is 0 Å². The summed E-state index contributed by atoms with van der Waals surface area (Å²) in [6.07, 6.45) is 8.22. The van der Waals surface area contributed by atoms with E-state index in [-0.39, 0.29) is 0 Å². The molecular weight excluding hydrogens is 292 g/mol. The Labute approximate surface area is 135 Å². The highest BCUT2D eigenvalue weighted by Gasteiger charge is 2.30. The van der Waals surface area contributed by atoms with Crippen LogP contribution in [0.5, 0.6) is 0 Å². The first-order valence-electron chi connectivity index (χ1n) is 8.26. The van der Waals surface area contributed by atoms with Crippen LogP contribution in [0.15, 0.2) is 29.9 Å². The van der Waals surface area contributed by atoms with Gasteiger partial charge in [0.2, 0.25) is 0 Å². The van der Waals surface area contributed by atoms with Crippen molar-refractivity contribution < 1.29 is 0 Å². The Balaban J connectivity index is 1.56. The lowest BCUT2D eigenvalue weighted by Crippen LogP contribution is -2.31. The monoisotopic (exact) mass is 314 g/mol. The molecule has 5 heteroatoms. The third kappa shape index (κ3) is 3.09. The van der Waals surface area contributed by atoms with Crippen molar-refractivity contribution in [2.24, 2.45) is 0 Å². The van der Waals surface area contributed by atoms with Crippen molar-refractivity contribution >= 4 is 23.0 Å². The number of hydrogen-bond donors (Lipinski definition) is 0. The van der Waals surface area contributed by atoms with Crippen LogP contribution in [-0.2, 0) is 6.54 Å². The van der Waals surface area contributed by atoms with Gasteiger partial charge in [-0.05, 0) is 43.6 Å². The molecule has 1 aliphatic heterocycles. The molecule has 1 saturated heterocycles. The topological polar surface area (TPSA) is 32.3 Å². The molecule has 0 atom stereocenters. The molecule has 2 aromatic heterocycles. The third-order valence-electron chi connectivity index (χ3n) is 4.51. The summed E-state index contributed by atoms with van der Waals surface area (Å²) >= 11 is 1.83. The number of thiophene rings is 1. The van der Waals surface area contributed by atoms with Crippen LogP contribution in [0, 0.1) is 0 Å². The molecule has 1 aliphatic carbocycles. The molecule has 0 N–H and O–H groups in total. The summed E-state index contributed by atoms with van der Waals surface area (Å²) in [5.41, 5.74) is 0. The summed E-state index contributed by atoms with van der Waals surface area (Å²) in [6, 6.07) is 7.19. The molecule has 0 spiro atoms. The second-order valence-corrected chi connectivity index (χ2v) is 7.25. The van der Waals surface area contributed by atoms with Gasteiger partial charge >= 0.3 is 0 Å². The smallest absolute Gasteiger partial charge is 0.134 e. The maximum atomic E-state index is 4.57. The summed E-state index contributed by atoms with van der Waals surface area (Å²) in [4.78, 5) is 15.4. The second-order valence-electron chi connectivity index (χ2n) is 6.22. The first-order chi connectivity index (χ1) is 10.9. The third-order valence-corrected chi connectivity index (χ3v) is 5.37. The number of anilines is 2. The van der Waals surface area contributed by atoms with E-state index in [1.165, 1.54) is 37.0 Å². The number of nitrogens with zero attached hydrogens (tertiary/aromatic N) is 4. The normalized spacial score (nSPS) is 18.5. The van der Waals surface area contributed by atoms with Crippen molar-refractivity contribution in [3.05, 3.63) is 34.8 Å². The summed E-state index contributed by atoms with van der Waals surface area (Å²) in [5, 5.41) is 2.15. The molecule has 0 bridgehead atoms. The van der Waals surface area contributed by atoms with Gasteiger partial charge in [-0.3, -0.25) is 0 Å². The maximum Gasteiger partial charge on any atom is 0.134 e. The van der Waals surface area contributed by atoms with E-state index in [1.54, 1.807) is 6.33 Å². The highest BCUT2D eigenvalue weighted by Crippen LogP contribution is 2.33. The van der Waals surface area contributed by atoms with E-state index < -0.39 is 0 Å². The number of aromatic nitrogens is 2. The maximum absolute atomic E-state index is 4.57. The van der Waals surface area contributed by atoms with Crippen molar-refractivity contribution in [3.8, 4) is 0 Å². The average molecular weight is 314 g/mol. The van der Waals surface area contributed by atoms with Crippen molar-refractivity contribution in [1.29, 1.82) is 0 Å². The fraction of sp³-hybridized carbons (Fsp3) is 0.529. The molecule has 4 rings (SSSR count). The van der Waals surface area contributed by atoms with E-state index in [9.17, 15) is 0 Å². The molecule has 22 heavy (non-hydrogen) atoms. The molecule has 2 aliphatic rings. The first-order valence-corrected chi connectivity index (χ1v) is 9.14. The first kappa shape index (κ1) is 14.0. The predicted molar refractivity (Wildman–Crippen MR) is 91.6 cm³/mol. The molecular formula is C17H22N4S. The number of hydrogen-bond acceptors (Lipinski definition) is 5. The molecule has 3 heterocycles. The Morgan fingerprint density at radius 3 is 2.77 bits per heavy atom. The zero-order chi connectivity index (χ0) is 14.8.